The van der Waals surface area contributed by atoms with Gasteiger partial charge in [0, 0.05) is 29.3 Å². The van der Waals surface area contributed by atoms with E-state index < -0.39 is 0 Å². The Hall–Kier alpha value is -2.48. The van der Waals surface area contributed by atoms with Crippen molar-refractivity contribution in [3.05, 3.63) is 35.0 Å². The first-order chi connectivity index (χ1) is 13.2. The van der Waals surface area contributed by atoms with Gasteiger partial charge in [0.25, 0.3) is 0 Å². The van der Waals surface area contributed by atoms with E-state index in [1.807, 2.05) is 22.9 Å². The number of nitrogens with one attached hydrogen (secondary N) is 1. The highest BCUT2D eigenvalue weighted by atomic mass is 32.2. The summed E-state index contributed by atoms with van der Waals surface area (Å²) in [6.07, 6.45) is 2.23. The number of ketones is 1. The van der Waals surface area contributed by atoms with Crippen LogP contribution in [0.5, 0.6) is 11.5 Å². The third kappa shape index (κ3) is 3.07. The van der Waals surface area contributed by atoms with E-state index in [0.29, 0.717) is 29.0 Å². The van der Waals surface area contributed by atoms with Crippen LogP contribution in [0.4, 0.5) is 5.95 Å². The predicted octanol–water partition coefficient (Wildman–Crippen LogP) is 3.43. The summed E-state index contributed by atoms with van der Waals surface area (Å²) >= 11 is 1.58. The van der Waals surface area contributed by atoms with E-state index in [1.165, 1.54) is 0 Å². The van der Waals surface area contributed by atoms with Crippen molar-refractivity contribution < 1.29 is 14.3 Å². The summed E-state index contributed by atoms with van der Waals surface area (Å²) in [4.78, 5) is 17.5. The van der Waals surface area contributed by atoms with E-state index in [1.54, 1.807) is 26.0 Å². The van der Waals surface area contributed by atoms with Crippen LogP contribution in [0, 0.1) is 0 Å². The van der Waals surface area contributed by atoms with Crippen molar-refractivity contribution in [2.24, 2.45) is 0 Å². The van der Waals surface area contributed by atoms with E-state index in [4.69, 9.17) is 9.47 Å². The van der Waals surface area contributed by atoms with Crippen molar-refractivity contribution in [1.29, 1.82) is 0 Å². The Bertz CT molecular complexity index is 922. The number of Topliss-reactive ketones (excluding diaryl/α,β-unsaturated/α-hetero) is 1. The summed E-state index contributed by atoms with van der Waals surface area (Å²) in [5.74, 6) is 3.07. The Morgan fingerprint density at radius 3 is 2.89 bits per heavy atom. The fourth-order valence-electron chi connectivity index (χ4n) is 3.66. The van der Waals surface area contributed by atoms with Crippen LogP contribution in [0.25, 0.3) is 0 Å². The lowest BCUT2D eigenvalue weighted by Gasteiger charge is -2.32. The second-order valence-corrected chi connectivity index (χ2v) is 7.63. The zero-order valence-electron chi connectivity index (χ0n) is 15.6. The van der Waals surface area contributed by atoms with Crippen molar-refractivity contribution >= 4 is 23.5 Å². The molecule has 8 heteroatoms. The third-order valence-electron chi connectivity index (χ3n) is 4.86. The molecule has 7 nitrogen and oxygen atoms in total. The first-order valence-electron chi connectivity index (χ1n) is 9.00. The summed E-state index contributed by atoms with van der Waals surface area (Å²) < 4.78 is 12.8. The molecule has 2 heterocycles. The number of rotatable bonds is 5. The average Bonchev–Trinajstić information content (AvgIpc) is 3.08. The van der Waals surface area contributed by atoms with Gasteiger partial charge in [-0.3, -0.25) is 4.79 Å². The molecule has 27 heavy (non-hydrogen) atoms. The van der Waals surface area contributed by atoms with Gasteiger partial charge in [-0.25, -0.2) is 4.68 Å². The zero-order valence-corrected chi connectivity index (χ0v) is 16.4. The lowest BCUT2D eigenvalue weighted by molar-refractivity contribution is -0.116. The average molecular weight is 386 g/mol. The Morgan fingerprint density at radius 2 is 2.15 bits per heavy atom. The molecule has 1 aromatic heterocycles. The molecule has 2 aromatic rings. The maximum atomic E-state index is 12.8. The van der Waals surface area contributed by atoms with Crippen molar-refractivity contribution in [3.8, 4) is 11.5 Å². The number of methoxy groups -OCH3 is 2. The molecule has 1 aliphatic carbocycles. The second kappa shape index (κ2) is 7.26. The number of allylic oxidation sites excluding steroid dienone is 2. The molecule has 4 rings (SSSR count). The number of benzene rings is 1. The van der Waals surface area contributed by atoms with Gasteiger partial charge >= 0.3 is 0 Å². The number of thioether (sulfide) groups is 1. The number of ether oxygens (including phenoxy) is 2. The van der Waals surface area contributed by atoms with Crippen LogP contribution in [0.1, 0.15) is 37.8 Å². The second-order valence-electron chi connectivity index (χ2n) is 6.40. The summed E-state index contributed by atoms with van der Waals surface area (Å²) in [6, 6.07) is 5.30. The number of aromatic nitrogens is 3. The zero-order chi connectivity index (χ0) is 19.0. The Balaban J connectivity index is 1.90. The lowest BCUT2D eigenvalue weighted by Crippen LogP contribution is -2.31. The van der Waals surface area contributed by atoms with E-state index in [2.05, 4.69) is 22.3 Å². The van der Waals surface area contributed by atoms with E-state index in [9.17, 15) is 4.79 Å². The van der Waals surface area contributed by atoms with Crippen molar-refractivity contribution in [1.82, 2.24) is 14.8 Å². The largest absolute Gasteiger partial charge is 0.497 e. The number of hydrogen-bond acceptors (Lipinski definition) is 7. The Labute approximate surface area is 162 Å². The van der Waals surface area contributed by atoms with Crippen LogP contribution in [0.2, 0.25) is 0 Å². The molecular weight excluding hydrogens is 364 g/mol. The van der Waals surface area contributed by atoms with Gasteiger partial charge in [-0.05, 0) is 30.7 Å². The SMILES string of the molecule is CCSc1nc2n(n1)[C@@H](c1ccc(OC)cc1OC)C1=C(CCCC1=O)N2. The van der Waals surface area contributed by atoms with Gasteiger partial charge in [0.05, 0.1) is 14.2 Å². The summed E-state index contributed by atoms with van der Waals surface area (Å²) in [7, 11) is 3.24. The highest BCUT2D eigenvalue weighted by Crippen LogP contribution is 2.43. The molecule has 0 unspecified atom stereocenters. The van der Waals surface area contributed by atoms with E-state index >= 15 is 0 Å². The van der Waals surface area contributed by atoms with Gasteiger partial charge in [-0.2, -0.15) is 4.98 Å². The topological polar surface area (TPSA) is 78.3 Å². The number of carbonyl (C=O) groups is 1. The number of nitrogens with zero attached hydrogens (tertiary/aromatic N) is 3. The summed E-state index contributed by atoms with van der Waals surface area (Å²) in [6.45, 7) is 2.06. The van der Waals surface area contributed by atoms with Gasteiger partial charge in [0.2, 0.25) is 11.1 Å². The number of fused-ring (bicyclic) bond motifs is 1. The van der Waals surface area contributed by atoms with Crippen LogP contribution >= 0.6 is 11.8 Å². The van der Waals surface area contributed by atoms with Crippen LogP contribution in [0.3, 0.4) is 0 Å². The predicted molar refractivity (Wildman–Crippen MR) is 104 cm³/mol. The smallest absolute Gasteiger partial charge is 0.227 e. The van der Waals surface area contributed by atoms with E-state index in [0.717, 1.165) is 35.4 Å². The van der Waals surface area contributed by atoms with Gasteiger partial charge in [0.15, 0.2) is 5.78 Å². The molecule has 1 aromatic carbocycles. The summed E-state index contributed by atoms with van der Waals surface area (Å²) in [5.41, 5.74) is 2.58. The molecule has 142 valence electrons. The van der Waals surface area contributed by atoms with Crippen molar-refractivity contribution in [2.75, 3.05) is 25.3 Å². The van der Waals surface area contributed by atoms with Crippen molar-refractivity contribution in [3.63, 3.8) is 0 Å². The van der Waals surface area contributed by atoms with Crippen molar-refractivity contribution in [2.45, 2.75) is 37.4 Å². The van der Waals surface area contributed by atoms with Crippen LogP contribution in [0.15, 0.2) is 34.6 Å². The number of carbonyl (C=O) groups excluding carboxylic acids is 1. The molecule has 1 N–H and O–H groups in total. The lowest BCUT2D eigenvalue weighted by atomic mass is 9.85. The maximum absolute atomic E-state index is 12.8. The third-order valence-corrected chi connectivity index (χ3v) is 5.58. The van der Waals surface area contributed by atoms with E-state index in [-0.39, 0.29) is 11.8 Å². The fraction of sp³-hybridized carbons (Fsp3) is 0.421. The molecule has 0 radical (unpaired) electrons. The van der Waals surface area contributed by atoms with Crippen LogP contribution in [-0.2, 0) is 4.79 Å². The minimum atomic E-state index is -0.358. The Kier molecular flexibility index (Phi) is 4.82. The fourth-order valence-corrected chi connectivity index (χ4v) is 4.21. The molecular formula is C19H22N4O3S. The molecule has 1 atom stereocenters. The standard InChI is InChI=1S/C19H22N4O3S/c1-4-27-19-21-18-20-13-6-5-7-14(24)16(13)17(23(18)22-19)12-9-8-11(25-2)10-15(12)26-3/h8-10,17H,4-7H2,1-3H3,(H,20,21,22)/t17-/m0/s1. The molecule has 0 saturated heterocycles. The number of hydrogen-bond donors (Lipinski definition) is 1. The van der Waals surface area contributed by atoms with Crippen LogP contribution in [-0.4, -0.2) is 40.5 Å². The van der Waals surface area contributed by atoms with Gasteiger partial charge in [-0.1, -0.05) is 18.7 Å². The molecule has 0 spiro atoms. The van der Waals surface area contributed by atoms with Gasteiger partial charge < -0.3 is 14.8 Å². The Morgan fingerprint density at radius 1 is 1.30 bits per heavy atom. The highest BCUT2D eigenvalue weighted by molar-refractivity contribution is 7.99. The molecule has 0 fully saturated rings. The minimum Gasteiger partial charge on any atom is -0.497 e. The first-order valence-corrected chi connectivity index (χ1v) is 9.99. The first kappa shape index (κ1) is 17.9. The van der Waals surface area contributed by atoms with Gasteiger partial charge in [-0.15, -0.1) is 5.10 Å². The molecule has 0 saturated carbocycles. The molecule has 0 bridgehead atoms. The highest BCUT2D eigenvalue weighted by Gasteiger charge is 2.38. The molecule has 1 aliphatic heterocycles. The molecule has 2 aliphatic rings. The molecule has 0 amide bonds. The quantitative estimate of drug-likeness (QED) is 0.789. The maximum Gasteiger partial charge on any atom is 0.227 e. The number of anilines is 1. The van der Waals surface area contributed by atoms with Gasteiger partial charge in [0.1, 0.15) is 17.5 Å². The van der Waals surface area contributed by atoms with Crippen LogP contribution < -0.4 is 14.8 Å². The monoisotopic (exact) mass is 386 g/mol. The summed E-state index contributed by atoms with van der Waals surface area (Å²) in [5, 5.41) is 8.71. The minimum absolute atomic E-state index is 0.150. The normalized spacial score (nSPS) is 18.6.